The second-order valence-electron chi connectivity index (χ2n) is 9.31. The van der Waals surface area contributed by atoms with Crippen LogP contribution in [0.15, 0.2) is 30.3 Å². The number of amides is 2. The average Bonchev–Trinajstić information content (AvgIpc) is 2.70. The van der Waals surface area contributed by atoms with Gasteiger partial charge in [-0.05, 0) is 52.8 Å². The average molecular weight is 682 g/mol. The molecule has 0 heterocycles. The van der Waals surface area contributed by atoms with Crippen molar-refractivity contribution in [3.63, 3.8) is 0 Å². The fourth-order valence-corrected chi connectivity index (χ4v) is 6.86. The lowest BCUT2D eigenvalue weighted by molar-refractivity contribution is -0.348. The Labute approximate surface area is 227 Å². The monoisotopic (exact) mass is 682 g/mol. The molecule has 0 aliphatic carbocycles. The van der Waals surface area contributed by atoms with Crippen molar-refractivity contribution >= 4 is 49.9 Å². The molecule has 0 aliphatic heterocycles. The van der Waals surface area contributed by atoms with Crippen LogP contribution in [0.3, 0.4) is 0 Å². The minimum absolute atomic E-state index is 0.149. The molecule has 38 heavy (non-hydrogen) atoms. The van der Waals surface area contributed by atoms with E-state index in [0.717, 1.165) is 13.2 Å². The van der Waals surface area contributed by atoms with Crippen molar-refractivity contribution in [3.05, 3.63) is 61.7 Å². The molecule has 2 aromatic rings. The first-order chi connectivity index (χ1) is 16.9. The number of aryl methyl sites for hydroxylation is 1. The number of alkyl halides is 7. The quantitative estimate of drug-likeness (QED) is 0.295. The fourth-order valence-electron chi connectivity index (χ4n) is 3.95. The molecule has 0 aliphatic rings. The van der Waals surface area contributed by atoms with Gasteiger partial charge >= 0.3 is 18.0 Å². The number of primary amides is 1. The third-order valence-electron chi connectivity index (χ3n) is 5.64. The van der Waals surface area contributed by atoms with E-state index in [-0.39, 0.29) is 37.8 Å². The summed E-state index contributed by atoms with van der Waals surface area (Å²) < 4.78 is 117. The van der Waals surface area contributed by atoms with Crippen molar-refractivity contribution in [3.8, 4) is 0 Å². The van der Waals surface area contributed by atoms with Crippen LogP contribution in [0.1, 0.15) is 51.3 Å². The van der Waals surface area contributed by atoms with E-state index in [1.165, 1.54) is 12.1 Å². The van der Waals surface area contributed by atoms with Gasteiger partial charge in [0.05, 0.1) is 16.9 Å². The first-order valence-corrected chi connectivity index (χ1v) is 13.6. The van der Waals surface area contributed by atoms with Crippen LogP contribution in [-0.4, -0.2) is 44.6 Å². The molecule has 6 nitrogen and oxygen atoms in total. The van der Waals surface area contributed by atoms with E-state index in [1.54, 1.807) is 36.4 Å². The van der Waals surface area contributed by atoms with Gasteiger partial charge in [-0.15, -0.1) is 0 Å². The summed E-state index contributed by atoms with van der Waals surface area (Å²) in [6, 6.07) is 3.86. The zero-order chi connectivity index (χ0) is 29.6. The Morgan fingerprint density at radius 3 is 1.92 bits per heavy atom. The summed E-state index contributed by atoms with van der Waals surface area (Å²) in [7, 11) is -3.48. The van der Waals surface area contributed by atoms with E-state index in [2.05, 4.69) is 5.32 Å². The smallest absolute Gasteiger partial charge is 0.366 e. The summed E-state index contributed by atoms with van der Waals surface area (Å²) in [6.45, 7) is 4.23. The molecule has 0 radical (unpaired) electrons. The van der Waals surface area contributed by atoms with Gasteiger partial charge in [0.25, 0.3) is 5.91 Å². The zero-order valence-electron chi connectivity index (χ0n) is 20.2. The van der Waals surface area contributed by atoms with Gasteiger partial charge in [0.2, 0.25) is 5.91 Å². The van der Waals surface area contributed by atoms with Gasteiger partial charge in [-0.3, -0.25) is 9.59 Å². The van der Waals surface area contributed by atoms with Gasteiger partial charge in [0, 0.05) is 26.5 Å². The number of halogens is 8. The molecule has 2 rings (SSSR count). The molecule has 2 aromatic carbocycles. The summed E-state index contributed by atoms with van der Waals surface area (Å²) in [5.74, 6) is -2.35. The van der Waals surface area contributed by atoms with E-state index in [9.17, 15) is 48.7 Å². The third kappa shape index (κ3) is 6.24. The van der Waals surface area contributed by atoms with E-state index in [0.29, 0.717) is 17.7 Å². The van der Waals surface area contributed by atoms with Crippen LogP contribution in [-0.2, 0) is 20.9 Å². The van der Waals surface area contributed by atoms with Gasteiger partial charge in [-0.1, -0.05) is 32.0 Å². The van der Waals surface area contributed by atoms with Crippen molar-refractivity contribution in [1.29, 1.82) is 0 Å². The van der Waals surface area contributed by atoms with E-state index in [1.807, 2.05) is 0 Å². The predicted octanol–water partition coefficient (Wildman–Crippen LogP) is 5.56. The minimum atomic E-state index is -6.31. The van der Waals surface area contributed by atoms with E-state index < -0.39 is 50.7 Å². The molecule has 0 aromatic heterocycles. The Bertz CT molecular complexity index is 1370. The zero-order valence-corrected chi connectivity index (χ0v) is 23.2. The number of carbonyl (C=O) groups is 2. The van der Waals surface area contributed by atoms with Gasteiger partial charge in [-0.2, -0.15) is 26.3 Å². The molecule has 3 N–H and O–H groups in total. The summed E-state index contributed by atoms with van der Waals surface area (Å²) in [4.78, 5) is 25.2. The summed E-state index contributed by atoms with van der Waals surface area (Å²) >= 11 is 1.71. The van der Waals surface area contributed by atoms with E-state index in [4.69, 9.17) is 5.73 Å². The van der Waals surface area contributed by atoms with Gasteiger partial charge in [-0.25, -0.2) is 12.8 Å². The number of hydrogen-bond donors (Lipinski definition) is 2. The standard InChI is InChI=1S/C23H22F7IN2O4S/c1-11-9-12(21(24,22(25,26)27)23(28,29)30)5-8-15(11)33-19(35)16-13(18(32)34)6-7-14(17(16)31)20(2,3)10-38(4,36)37/h5-9H,10H2,1-4H3,(H2,32,34)(H,33,35). The highest BCUT2D eigenvalue weighted by atomic mass is 127. The highest BCUT2D eigenvalue weighted by molar-refractivity contribution is 14.1. The molecule has 0 saturated heterocycles. The maximum atomic E-state index is 14.4. The molecule has 0 atom stereocenters. The molecular weight excluding hydrogens is 660 g/mol. The molecule has 0 unspecified atom stereocenters. The highest BCUT2D eigenvalue weighted by Crippen LogP contribution is 2.53. The highest BCUT2D eigenvalue weighted by Gasteiger charge is 2.73. The summed E-state index contributed by atoms with van der Waals surface area (Å²) in [5.41, 5.74) is -3.83. The Hall–Kier alpha value is -2.43. The molecular formula is C23H22F7IN2O4S. The van der Waals surface area contributed by atoms with Crippen LogP contribution in [0.2, 0.25) is 0 Å². The maximum absolute atomic E-state index is 14.4. The number of hydrogen-bond acceptors (Lipinski definition) is 4. The second-order valence-corrected chi connectivity index (χ2v) is 12.5. The van der Waals surface area contributed by atoms with Crippen LogP contribution >= 0.6 is 22.6 Å². The first kappa shape index (κ1) is 31.8. The van der Waals surface area contributed by atoms with Crippen molar-refractivity contribution in [2.45, 2.75) is 44.2 Å². The maximum Gasteiger partial charge on any atom is 0.435 e. The van der Waals surface area contributed by atoms with E-state index >= 15 is 0 Å². The van der Waals surface area contributed by atoms with Crippen LogP contribution in [0, 0.1) is 10.5 Å². The molecule has 0 saturated carbocycles. The van der Waals surface area contributed by atoms with Crippen LogP contribution in [0.5, 0.6) is 0 Å². The molecule has 0 fully saturated rings. The van der Waals surface area contributed by atoms with Crippen molar-refractivity contribution in [2.75, 3.05) is 17.3 Å². The number of nitrogens with two attached hydrogens (primary N) is 1. The number of sulfone groups is 1. The Kier molecular flexibility index (Phi) is 8.60. The normalized spacial score (nSPS) is 13.4. The van der Waals surface area contributed by atoms with Gasteiger partial charge < -0.3 is 11.1 Å². The Morgan fingerprint density at radius 1 is 0.974 bits per heavy atom. The third-order valence-corrected chi connectivity index (χ3v) is 8.01. The van der Waals surface area contributed by atoms with Crippen molar-refractivity contribution in [1.82, 2.24) is 0 Å². The van der Waals surface area contributed by atoms with Crippen molar-refractivity contribution < 1.29 is 48.7 Å². The minimum Gasteiger partial charge on any atom is -0.366 e. The molecule has 0 bridgehead atoms. The number of anilines is 1. The van der Waals surface area contributed by atoms with Crippen LogP contribution in [0.25, 0.3) is 0 Å². The molecule has 0 spiro atoms. The van der Waals surface area contributed by atoms with Crippen LogP contribution < -0.4 is 11.1 Å². The number of benzene rings is 2. The lowest BCUT2D eigenvalue weighted by Gasteiger charge is -2.30. The number of rotatable bonds is 7. The lowest BCUT2D eigenvalue weighted by atomic mass is 9.84. The summed E-state index contributed by atoms with van der Waals surface area (Å²) in [6.07, 6.45) is -11.6. The molecule has 15 heteroatoms. The second kappa shape index (κ2) is 10.3. The molecule has 2 amide bonds. The Balaban J connectivity index is 2.61. The first-order valence-electron chi connectivity index (χ1n) is 10.5. The van der Waals surface area contributed by atoms with Gasteiger partial charge in [0.1, 0.15) is 9.84 Å². The molecule has 210 valence electrons. The van der Waals surface area contributed by atoms with Crippen LogP contribution in [0.4, 0.5) is 36.4 Å². The number of nitrogens with one attached hydrogen (secondary N) is 1. The van der Waals surface area contributed by atoms with Crippen molar-refractivity contribution in [2.24, 2.45) is 5.73 Å². The SMILES string of the molecule is Cc1cc(C(F)(C(F)(F)F)C(F)(F)F)ccc1NC(=O)c1c(C(N)=O)ccc(C(C)(C)CS(C)(=O)=O)c1I. The summed E-state index contributed by atoms with van der Waals surface area (Å²) in [5, 5.41) is 2.29. The Morgan fingerprint density at radius 2 is 1.50 bits per heavy atom. The lowest BCUT2D eigenvalue weighted by Crippen LogP contribution is -2.50. The van der Waals surface area contributed by atoms with Gasteiger partial charge in [0.15, 0.2) is 0 Å². The fraction of sp³-hybridized carbons (Fsp3) is 0.391. The predicted molar refractivity (Wildman–Crippen MR) is 134 cm³/mol. The largest absolute Gasteiger partial charge is 0.435 e. The number of carbonyl (C=O) groups excluding carboxylic acids is 2. The topological polar surface area (TPSA) is 106 Å².